The lowest BCUT2D eigenvalue weighted by atomic mass is 10.1. The summed E-state index contributed by atoms with van der Waals surface area (Å²) in [7, 11) is 1.56. The van der Waals surface area contributed by atoms with E-state index in [-0.39, 0.29) is 5.91 Å². The summed E-state index contributed by atoms with van der Waals surface area (Å²) in [5.41, 5.74) is 6.94. The fraction of sp³-hybridized carbons (Fsp3) is 0.500. The highest BCUT2D eigenvalue weighted by Gasteiger charge is 2.21. The van der Waals surface area contributed by atoms with Crippen LogP contribution in [-0.2, 0) is 0 Å². The zero-order valence-corrected chi connectivity index (χ0v) is 11.6. The van der Waals surface area contributed by atoms with E-state index in [9.17, 15) is 4.79 Å². The average molecular weight is 263 g/mol. The fourth-order valence-corrected chi connectivity index (χ4v) is 2.29. The third-order valence-electron chi connectivity index (χ3n) is 3.59. The number of nitrogen functional groups attached to an aromatic ring is 1. The van der Waals surface area contributed by atoms with Gasteiger partial charge in [0.05, 0.1) is 12.8 Å². The van der Waals surface area contributed by atoms with Gasteiger partial charge in [0.25, 0.3) is 5.91 Å². The Labute approximate surface area is 113 Å². The minimum Gasteiger partial charge on any atom is -0.495 e. The number of carbonyl (C=O) groups excluding carboxylic acids is 1. The summed E-state index contributed by atoms with van der Waals surface area (Å²) in [6.07, 6.45) is 0. The summed E-state index contributed by atoms with van der Waals surface area (Å²) in [5, 5.41) is 0. The Balaban J connectivity index is 2.08. The van der Waals surface area contributed by atoms with Crippen LogP contribution in [-0.4, -0.2) is 55.5 Å². The lowest BCUT2D eigenvalue weighted by Gasteiger charge is -2.34. The van der Waals surface area contributed by atoms with Crippen LogP contribution in [0.5, 0.6) is 5.75 Å². The number of piperazine rings is 1. The first kappa shape index (κ1) is 13.7. The van der Waals surface area contributed by atoms with E-state index in [1.165, 1.54) is 0 Å². The maximum absolute atomic E-state index is 12.4. The van der Waals surface area contributed by atoms with Crippen LogP contribution in [0, 0.1) is 0 Å². The zero-order valence-electron chi connectivity index (χ0n) is 11.6. The van der Waals surface area contributed by atoms with Crippen molar-refractivity contribution in [3.05, 3.63) is 23.8 Å². The molecule has 1 aliphatic rings. The minimum absolute atomic E-state index is 0.0500. The standard InChI is InChI=1S/C14H21N3O2/c1-3-16-6-8-17(9-7-16)14(18)11-4-5-12(15)13(10-11)19-2/h4-5,10H,3,6-9,15H2,1-2H3. The maximum Gasteiger partial charge on any atom is 0.254 e. The summed E-state index contributed by atoms with van der Waals surface area (Å²) in [5.74, 6) is 0.604. The van der Waals surface area contributed by atoms with Gasteiger partial charge < -0.3 is 20.3 Å². The van der Waals surface area contributed by atoms with Crippen molar-refractivity contribution < 1.29 is 9.53 Å². The van der Waals surface area contributed by atoms with E-state index in [4.69, 9.17) is 10.5 Å². The molecule has 1 aromatic carbocycles. The number of ether oxygens (including phenoxy) is 1. The molecule has 1 aliphatic heterocycles. The molecule has 0 bridgehead atoms. The van der Waals surface area contributed by atoms with Crippen LogP contribution in [0.3, 0.4) is 0 Å². The molecule has 0 atom stereocenters. The molecule has 1 aromatic rings. The molecular weight excluding hydrogens is 242 g/mol. The molecule has 0 aromatic heterocycles. The first-order chi connectivity index (χ1) is 9.15. The summed E-state index contributed by atoms with van der Waals surface area (Å²) < 4.78 is 5.15. The first-order valence-corrected chi connectivity index (χ1v) is 6.61. The van der Waals surface area contributed by atoms with Crippen LogP contribution in [0.1, 0.15) is 17.3 Å². The lowest BCUT2D eigenvalue weighted by molar-refractivity contribution is 0.0643. The molecule has 1 saturated heterocycles. The Kier molecular flexibility index (Phi) is 4.27. The van der Waals surface area contributed by atoms with Gasteiger partial charge in [0.15, 0.2) is 0 Å². The molecule has 5 nitrogen and oxygen atoms in total. The number of anilines is 1. The molecule has 1 fully saturated rings. The van der Waals surface area contributed by atoms with Crippen LogP contribution in [0.2, 0.25) is 0 Å². The van der Waals surface area contributed by atoms with Crippen LogP contribution in [0.4, 0.5) is 5.69 Å². The van der Waals surface area contributed by atoms with Gasteiger partial charge in [0, 0.05) is 31.7 Å². The van der Waals surface area contributed by atoms with Crippen LogP contribution in [0.25, 0.3) is 0 Å². The maximum atomic E-state index is 12.4. The fourth-order valence-electron chi connectivity index (χ4n) is 2.29. The number of hydrogen-bond acceptors (Lipinski definition) is 4. The van der Waals surface area contributed by atoms with Gasteiger partial charge in [-0.05, 0) is 24.7 Å². The topological polar surface area (TPSA) is 58.8 Å². The molecule has 0 aliphatic carbocycles. The molecule has 0 unspecified atom stereocenters. The molecule has 0 spiro atoms. The van der Waals surface area contributed by atoms with Crippen molar-refractivity contribution in [1.82, 2.24) is 9.80 Å². The number of rotatable bonds is 3. The molecular formula is C14H21N3O2. The highest BCUT2D eigenvalue weighted by Crippen LogP contribution is 2.23. The van der Waals surface area contributed by atoms with Crippen molar-refractivity contribution in [1.29, 1.82) is 0 Å². The Morgan fingerprint density at radius 2 is 2.00 bits per heavy atom. The summed E-state index contributed by atoms with van der Waals surface area (Å²) in [6, 6.07) is 5.19. The second-order valence-electron chi connectivity index (χ2n) is 4.68. The number of amides is 1. The largest absolute Gasteiger partial charge is 0.495 e. The van der Waals surface area contributed by atoms with E-state index >= 15 is 0 Å². The number of methoxy groups -OCH3 is 1. The molecule has 2 rings (SSSR count). The SMILES string of the molecule is CCN1CCN(C(=O)c2ccc(N)c(OC)c2)CC1. The van der Waals surface area contributed by atoms with E-state index in [0.717, 1.165) is 32.7 Å². The highest BCUT2D eigenvalue weighted by molar-refractivity contribution is 5.95. The number of nitrogens with zero attached hydrogens (tertiary/aromatic N) is 2. The summed E-state index contributed by atoms with van der Waals surface area (Å²) in [4.78, 5) is 16.6. The Morgan fingerprint density at radius 3 is 2.58 bits per heavy atom. The van der Waals surface area contributed by atoms with Crippen molar-refractivity contribution in [2.24, 2.45) is 0 Å². The van der Waals surface area contributed by atoms with Crippen molar-refractivity contribution >= 4 is 11.6 Å². The average Bonchev–Trinajstić information content (AvgIpc) is 2.47. The second-order valence-corrected chi connectivity index (χ2v) is 4.68. The van der Waals surface area contributed by atoms with Crippen molar-refractivity contribution in [3.63, 3.8) is 0 Å². The third kappa shape index (κ3) is 2.98. The zero-order chi connectivity index (χ0) is 13.8. The molecule has 19 heavy (non-hydrogen) atoms. The van der Waals surface area contributed by atoms with E-state index < -0.39 is 0 Å². The predicted octanol–water partition coefficient (Wildman–Crippen LogP) is 1.06. The molecule has 104 valence electrons. The van der Waals surface area contributed by atoms with Gasteiger partial charge in [-0.1, -0.05) is 6.92 Å². The molecule has 1 amide bonds. The number of hydrogen-bond donors (Lipinski definition) is 1. The Hall–Kier alpha value is -1.75. The van der Waals surface area contributed by atoms with Gasteiger partial charge in [-0.2, -0.15) is 0 Å². The summed E-state index contributed by atoms with van der Waals surface area (Å²) >= 11 is 0. The van der Waals surface area contributed by atoms with Crippen LogP contribution >= 0.6 is 0 Å². The number of likely N-dealkylation sites (N-methyl/N-ethyl adjacent to an activating group) is 1. The smallest absolute Gasteiger partial charge is 0.254 e. The molecule has 0 radical (unpaired) electrons. The molecule has 0 saturated carbocycles. The number of carbonyl (C=O) groups is 1. The van der Waals surface area contributed by atoms with Gasteiger partial charge >= 0.3 is 0 Å². The van der Waals surface area contributed by atoms with Crippen LogP contribution in [0.15, 0.2) is 18.2 Å². The molecule has 5 heteroatoms. The molecule has 1 heterocycles. The van der Waals surface area contributed by atoms with Gasteiger partial charge in [-0.3, -0.25) is 4.79 Å². The van der Waals surface area contributed by atoms with Gasteiger partial charge in [-0.25, -0.2) is 0 Å². The second kappa shape index (κ2) is 5.93. The first-order valence-electron chi connectivity index (χ1n) is 6.61. The normalized spacial score (nSPS) is 16.4. The monoisotopic (exact) mass is 263 g/mol. The van der Waals surface area contributed by atoms with Crippen LogP contribution < -0.4 is 10.5 Å². The van der Waals surface area contributed by atoms with Crippen molar-refractivity contribution in [2.45, 2.75) is 6.92 Å². The van der Waals surface area contributed by atoms with Crippen molar-refractivity contribution in [2.75, 3.05) is 45.6 Å². The van der Waals surface area contributed by atoms with Gasteiger partial charge in [-0.15, -0.1) is 0 Å². The molecule has 2 N–H and O–H groups in total. The quantitative estimate of drug-likeness (QED) is 0.828. The lowest BCUT2D eigenvalue weighted by Crippen LogP contribution is -2.48. The van der Waals surface area contributed by atoms with E-state index in [1.54, 1.807) is 25.3 Å². The highest BCUT2D eigenvalue weighted by atomic mass is 16.5. The minimum atomic E-state index is 0.0500. The third-order valence-corrected chi connectivity index (χ3v) is 3.59. The van der Waals surface area contributed by atoms with E-state index in [1.807, 2.05) is 4.90 Å². The predicted molar refractivity (Wildman–Crippen MR) is 75.4 cm³/mol. The summed E-state index contributed by atoms with van der Waals surface area (Å²) in [6.45, 7) is 6.61. The van der Waals surface area contributed by atoms with E-state index in [0.29, 0.717) is 17.0 Å². The van der Waals surface area contributed by atoms with Gasteiger partial charge in [0.1, 0.15) is 5.75 Å². The number of nitrogens with two attached hydrogens (primary N) is 1. The van der Waals surface area contributed by atoms with E-state index in [2.05, 4.69) is 11.8 Å². The van der Waals surface area contributed by atoms with Gasteiger partial charge in [0.2, 0.25) is 0 Å². The number of benzene rings is 1. The Bertz CT molecular complexity index is 454. The Morgan fingerprint density at radius 1 is 1.32 bits per heavy atom. The van der Waals surface area contributed by atoms with Crippen molar-refractivity contribution in [3.8, 4) is 5.75 Å².